The molecule has 0 bridgehead atoms. The summed E-state index contributed by atoms with van der Waals surface area (Å²) in [7, 11) is 0. The van der Waals surface area contributed by atoms with Crippen LogP contribution in [-0.4, -0.2) is 0 Å². The molecule has 0 atom stereocenters. The van der Waals surface area contributed by atoms with Gasteiger partial charge in [0.2, 0.25) is 0 Å². The summed E-state index contributed by atoms with van der Waals surface area (Å²) in [6, 6.07) is 104. The summed E-state index contributed by atoms with van der Waals surface area (Å²) in [5.74, 6) is 0. The number of rotatable bonds is 9. The Morgan fingerprint density at radius 2 is 0.542 bits per heavy atom. The molecule has 0 radical (unpaired) electrons. The van der Waals surface area contributed by atoms with E-state index in [0.717, 1.165) is 41.9 Å². The van der Waals surface area contributed by atoms with Crippen molar-refractivity contribution in [3.8, 4) is 66.8 Å². The van der Waals surface area contributed by atoms with Crippen LogP contribution >= 0.6 is 47.8 Å². The summed E-state index contributed by atoms with van der Waals surface area (Å²) in [5, 5.41) is 3.58. The SMILES string of the molecule is Brc1ccc(-c2ccc(Br)cc2)cc1.CC1(C)c2ccccc2-c2ccc(N(c3ccc(-c4ccccc4)cc3)c3ccc(-c4ccc(Br)cc4)cc3)cc21.CC1(C)c2ccccc2-c2ccc(Nc3ccc(-c4ccccc4)cc3)cc21. The third-order valence-electron chi connectivity index (χ3n) is 16.2. The topological polar surface area (TPSA) is 15.3 Å². The molecule has 12 aromatic rings. The summed E-state index contributed by atoms with van der Waals surface area (Å²) >= 11 is 10.4. The number of fused-ring (bicyclic) bond motifs is 6. The molecule has 0 saturated heterocycles. The van der Waals surface area contributed by atoms with Crippen LogP contribution in [0.2, 0.25) is 0 Å². The lowest BCUT2D eigenvalue weighted by molar-refractivity contribution is 0.660. The van der Waals surface area contributed by atoms with Crippen LogP contribution in [-0.2, 0) is 10.8 Å². The molecule has 0 amide bonds. The third-order valence-corrected chi connectivity index (χ3v) is 17.8. The first-order valence-corrected chi connectivity index (χ1v) is 30.5. The average Bonchev–Trinajstić information content (AvgIpc) is 2.41. The molecule has 2 aliphatic rings. The minimum atomic E-state index is -0.0593. The molecule has 404 valence electrons. The molecule has 0 saturated carbocycles. The number of halogens is 3. The first-order valence-electron chi connectivity index (χ1n) is 28.1. The van der Waals surface area contributed by atoms with Crippen molar-refractivity contribution in [2.45, 2.75) is 38.5 Å². The number of benzene rings is 12. The fraction of sp³-hybridized carbons (Fsp3) is 0.0769. The molecular formula is C78H61Br3N2. The molecule has 0 heterocycles. The Bertz CT molecular complexity index is 4150. The zero-order chi connectivity index (χ0) is 57.1. The van der Waals surface area contributed by atoms with E-state index in [9.17, 15) is 0 Å². The zero-order valence-electron chi connectivity index (χ0n) is 46.8. The van der Waals surface area contributed by atoms with E-state index in [1.165, 1.54) is 89.0 Å². The van der Waals surface area contributed by atoms with E-state index in [-0.39, 0.29) is 10.8 Å². The fourth-order valence-electron chi connectivity index (χ4n) is 11.8. The minimum Gasteiger partial charge on any atom is -0.356 e. The van der Waals surface area contributed by atoms with Gasteiger partial charge in [-0.2, -0.15) is 0 Å². The zero-order valence-corrected chi connectivity index (χ0v) is 51.6. The van der Waals surface area contributed by atoms with E-state index in [2.05, 4.69) is 371 Å². The molecule has 12 aromatic carbocycles. The number of nitrogens with one attached hydrogen (secondary N) is 1. The molecule has 0 unspecified atom stereocenters. The highest BCUT2D eigenvalue weighted by Crippen LogP contribution is 2.52. The van der Waals surface area contributed by atoms with Gasteiger partial charge in [-0.3, -0.25) is 0 Å². The van der Waals surface area contributed by atoms with Crippen LogP contribution in [0.5, 0.6) is 0 Å². The summed E-state index contributed by atoms with van der Waals surface area (Å²) in [4.78, 5) is 2.37. The van der Waals surface area contributed by atoms with Crippen LogP contribution in [0, 0.1) is 0 Å². The molecule has 83 heavy (non-hydrogen) atoms. The Morgan fingerprint density at radius 1 is 0.253 bits per heavy atom. The predicted octanol–water partition coefficient (Wildman–Crippen LogP) is 23.8. The average molecular weight is 1270 g/mol. The second-order valence-corrected chi connectivity index (χ2v) is 25.0. The highest BCUT2D eigenvalue weighted by Gasteiger charge is 2.37. The molecule has 0 fully saturated rings. The highest BCUT2D eigenvalue weighted by molar-refractivity contribution is 9.11. The second kappa shape index (κ2) is 23.9. The number of hydrogen-bond acceptors (Lipinski definition) is 2. The van der Waals surface area contributed by atoms with E-state index in [1.807, 2.05) is 6.07 Å². The summed E-state index contributed by atoms with van der Waals surface area (Å²) in [6.07, 6.45) is 0. The van der Waals surface area contributed by atoms with Gasteiger partial charge in [-0.1, -0.05) is 270 Å². The standard InChI is InChI=1S/C39H30BrN.C27H23N.C12H8Br2/c1-39(2)37-11-7-6-10-35(37)36-25-24-34(26-38(36)39)41(32-20-14-29(15-21-32)27-8-4-3-5-9-27)33-22-16-30(17-23-33)28-12-18-31(40)19-13-28;1-27(2)25-11-7-6-10-23(25)24-17-16-22(18-26(24)27)28-21-14-12-20(13-15-21)19-8-4-3-5-9-19;13-11-5-1-9(2-6-11)10-3-7-12(14)8-4-10/h3-26H,1-2H3;3-18,28H,1-2H3;1-8H. The summed E-state index contributed by atoms with van der Waals surface area (Å²) in [6.45, 7) is 9.31. The van der Waals surface area contributed by atoms with Gasteiger partial charge in [-0.25, -0.2) is 0 Å². The first kappa shape index (κ1) is 55.2. The van der Waals surface area contributed by atoms with Crippen LogP contribution in [0.25, 0.3) is 66.8 Å². The van der Waals surface area contributed by atoms with Crippen LogP contribution in [0.4, 0.5) is 28.4 Å². The van der Waals surface area contributed by atoms with E-state index in [1.54, 1.807) is 0 Å². The lowest BCUT2D eigenvalue weighted by Gasteiger charge is -2.28. The fourth-order valence-corrected chi connectivity index (χ4v) is 12.6. The van der Waals surface area contributed by atoms with Crippen molar-refractivity contribution in [2.75, 3.05) is 10.2 Å². The Labute approximate surface area is 514 Å². The molecule has 5 heteroatoms. The normalized spacial score (nSPS) is 12.7. The molecule has 0 aliphatic heterocycles. The predicted molar refractivity (Wildman–Crippen MR) is 364 cm³/mol. The number of nitrogens with zero attached hydrogens (tertiary/aromatic N) is 1. The van der Waals surface area contributed by atoms with Crippen molar-refractivity contribution >= 4 is 76.2 Å². The van der Waals surface area contributed by atoms with Crippen molar-refractivity contribution in [2.24, 2.45) is 0 Å². The van der Waals surface area contributed by atoms with E-state index in [4.69, 9.17) is 0 Å². The Hall–Kier alpha value is -8.32. The van der Waals surface area contributed by atoms with Crippen LogP contribution < -0.4 is 10.2 Å². The van der Waals surface area contributed by atoms with Gasteiger partial charge in [0, 0.05) is 52.7 Å². The van der Waals surface area contributed by atoms with Crippen molar-refractivity contribution in [1.29, 1.82) is 0 Å². The maximum absolute atomic E-state index is 3.58. The monoisotopic (exact) mass is 1260 g/mol. The third kappa shape index (κ3) is 11.7. The van der Waals surface area contributed by atoms with Crippen molar-refractivity contribution in [3.63, 3.8) is 0 Å². The first-order chi connectivity index (χ1) is 40.4. The highest BCUT2D eigenvalue weighted by atomic mass is 79.9. The number of anilines is 5. The van der Waals surface area contributed by atoms with Crippen molar-refractivity contribution in [1.82, 2.24) is 0 Å². The number of hydrogen-bond donors (Lipinski definition) is 1. The van der Waals surface area contributed by atoms with Crippen LogP contribution in [0.15, 0.2) is 305 Å². The largest absolute Gasteiger partial charge is 0.356 e. The molecule has 0 aromatic heterocycles. The van der Waals surface area contributed by atoms with Crippen LogP contribution in [0.1, 0.15) is 49.9 Å². The van der Waals surface area contributed by atoms with Crippen molar-refractivity contribution < 1.29 is 0 Å². The summed E-state index contributed by atoms with van der Waals surface area (Å²) < 4.78 is 3.31. The molecule has 2 aliphatic carbocycles. The van der Waals surface area contributed by atoms with Crippen molar-refractivity contribution in [3.05, 3.63) is 327 Å². The Kier molecular flexibility index (Phi) is 15.9. The lowest BCUT2D eigenvalue weighted by Crippen LogP contribution is -2.16. The van der Waals surface area contributed by atoms with Gasteiger partial charge < -0.3 is 10.2 Å². The van der Waals surface area contributed by atoms with E-state index in [0.29, 0.717) is 0 Å². The minimum absolute atomic E-state index is 0.0286. The lowest BCUT2D eigenvalue weighted by atomic mass is 9.82. The quantitative estimate of drug-likeness (QED) is 0.155. The van der Waals surface area contributed by atoms with Gasteiger partial charge >= 0.3 is 0 Å². The smallest absolute Gasteiger partial charge is 0.0465 e. The van der Waals surface area contributed by atoms with Gasteiger partial charge in [0.25, 0.3) is 0 Å². The van der Waals surface area contributed by atoms with E-state index >= 15 is 0 Å². The second-order valence-electron chi connectivity index (χ2n) is 22.2. The molecule has 14 rings (SSSR count). The molecular weight excluding hydrogens is 1200 g/mol. The van der Waals surface area contributed by atoms with Crippen LogP contribution in [0.3, 0.4) is 0 Å². The molecule has 0 spiro atoms. The maximum atomic E-state index is 3.58. The van der Waals surface area contributed by atoms with Gasteiger partial charge in [0.05, 0.1) is 0 Å². The molecule has 2 nitrogen and oxygen atoms in total. The molecule has 1 N–H and O–H groups in total. The van der Waals surface area contributed by atoms with E-state index < -0.39 is 0 Å². The Morgan fingerprint density at radius 3 is 0.952 bits per heavy atom. The van der Waals surface area contributed by atoms with Gasteiger partial charge in [-0.05, 0) is 186 Å². The summed E-state index contributed by atoms with van der Waals surface area (Å²) in [5.41, 5.74) is 26.4. The van der Waals surface area contributed by atoms with Gasteiger partial charge in [-0.15, -0.1) is 0 Å². The van der Waals surface area contributed by atoms with Gasteiger partial charge in [0.15, 0.2) is 0 Å². The maximum Gasteiger partial charge on any atom is 0.0465 e. The Balaban J connectivity index is 0.000000139. The van der Waals surface area contributed by atoms with Gasteiger partial charge in [0.1, 0.15) is 0 Å².